The van der Waals surface area contributed by atoms with Crippen LogP contribution in [0.15, 0.2) is 0 Å². The summed E-state index contributed by atoms with van der Waals surface area (Å²) >= 11 is 0. The molecule has 0 radical (unpaired) electrons. The second-order valence-electron chi connectivity index (χ2n) is 5.97. The molecule has 1 aliphatic rings. The van der Waals surface area contributed by atoms with Gasteiger partial charge in [0.05, 0.1) is 6.10 Å². The normalized spacial score (nSPS) is 22.5. The Balaban J connectivity index is 2.03. The van der Waals surface area contributed by atoms with E-state index >= 15 is 0 Å². The SMILES string of the molecule is CC(C)CCCOC1CCN(CC(C)C)C1. The van der Waals surface area contributed by atoms with Crippen molar-refractivity contribution in [1.82, 2.24) is 4.90 Å². The summed E-state index contributed by atoms with van der Waals surface area (Å²) < 4.78 is 5.92. The van der Waals surface area contributed by atoms with Crippen molar-refractivity contribution in [3.05, 3.63) is 0 Å². The fourth-order valence-corrected chi connectivity index (χ4v) is 2.36. The van der Waals surface area contributed by atoms with Gasteiger partial charge in [0.25, 0.3) is 0 Å². The average molecular weight is 227 g/mol. The minimum Gasteiger partial charge on any atom is -0.377 e. The number of ether oxygens (including phenoxy) is 1. The lowest BCUT2D eigenvalue weighted by Crippen LogP contribution is -2.27. The van der Waals surface area contributed by atoms with E-state index in [0.717, 1.165) is 25.0 Å². The molecular weight excluding hydrogens is 198 g/mol. The molecule has 0 aromatic carbocycles. The van der Waals surface area contributed by atoms with E-state index in [-0.39, 0.29) is 0 Å². The zero-order chi connectivity index (χ0) is 12.0. The van der Waals surface area contributed by atoms with Gasteiger partial charge in [0.1, 0.15) is 0 Å². The van der Waals surface area contributed by atoms with Crippen molar-refractivity contribution in [2.75, 3.05) is 26.2 Å². The van der Waals surface area contributed by atoms with Gasteiger partial charge in [-0.1, -0.05) is 27.7 Å². The van der Waals surface area contributed by atoms with Gasteiger partial charge in [-0.2, -0.15) is 0 Å². The van der Waals surface area contributed by atoms with Crippen molar-refractivity contribution in [2.45, 2.75) is 53.1 Å². The summed E-state index contributed by atoms with van der Waals surface area (Å²) in [6.45, 7) is 13.7. The molecule has 0 amide bonds. The molecule has 2 heteroatoms. The van der Waals surface area contributed by atoms with E-state index in [4.69, 9.17) is 4.74 Å². The molecule has 16 heavy (non-hydrogen) atoms. The molecule has 0 bridgehead atoms. The average Bonchev–Trinajstić information content (AvgIpc) is 2.59. The Morgan fingerprint density at radius 2 is 1.94 bits per heavy atom. The van der Waals surface area contributed by atoms with Crippen molar-refractivity contribution in [2.24, 2.45) is 11.8 Å². The molecule has 96 valence electrons. The molecule has 1 atom stereocenters. The predicted octanol–water partition coefficient (Wildman–Crippen LogP) is 3.17. The number of hydrogen-bond donors (Lipinski definition) is 0. The number of hydrogen-bond acceptors (Lipinski definition) is 2. The quantitative estimate of drug-likeness (QED) is 0.619. The van der Waals surface area contributed by atoms with Crippen molar-refractivity contribution in [3.8, 4) is 0 Å². The maximum Gasteiger partial charge on any atom is 0.0714 e. The first-order valence-electron chi connectivity index (χ1n) is 6.92. The van der Waals surface area contributed by atoms with Gasteiger partial charge >= 0.3 is 0 Å². The molecule has 1 saturated heterocycles. The molecule has 0 aromatic heterocycles. The summed E-state index contributed by atoms with van der Waals surface area (Å²) in [5, 5.41) is 0. The van der Waals surface area contributed by atoms with Crippen LogP contribution in [0.4, 0.5) is 0 Å². The van der Waals surface area contributed by atoms with Crippen LogP contribution in [-0.2, 0) is 4.74 Å². The Morgan fingerprint density at radius 1 is 1.19 bits per heavy atom. The maximum atomic E-state index is 5.92. The second-order valence-corrected chi connectivity index (χ2v) is 5.97. The second kappa shape index (κ2) is 7.29. The first kappa shape index (κ1) is 14.0. The Morgan fingerprint density at radius 3 is 2.56 bits per heavy atom. The number of rotatable bonds is 7. The van der Waals surface area contributed by atoms with Gasteiger partial charge < -0.3 is 9.64 Å². The lowest BCUT2D eigenvalue weighted by Gasteiger charge is -2.18. The van der Waals surface area contributed by atoms with Crippen LogP contribution < -0.4 is 0 Å². The van der Waals surface area contributed by atoms with Crippen LogP contribution in [0.2, 0.25) is 0 Å². The standard InChI is InChI=1S/C14H29NO/c1-12(2)6-5-9-16-14-7-8-15(11-14)10-13(3)4/h12-14H,5-11H2,1-4H3. The first-order valence-corrected chi connectivity index (χ1v) is 6.92. The summed E-state index contributed by atoms with van der Waals surface area (Å²) in [5.41, 5.74) is 0. The lowest BCUT2D eigenvalue weighted by molar-refractivity contribution is 0.0544. The van der Waals surface area contributed by atoms with Crippen LogP contribution in [-0.4, -0.2) is 37.2 Å². The van der Waals surface area contributed by atoms with Gasteiger partial charge in [0.2, 0.25) is 0 Å². The predicted molar refractivity (Wildman–Crippen MR) is 69.7 cm³/mol. The van der Waals surface area contributed by atoms with Crippen molar-refractivity contribution < 1.29 is 4.74 Å². The van der Waals surface area contributed by atoms with Gasteiger partial charge in [-0.05, 0) is 31.1 Å². The van der Waals surface area contributed by atoms with Crippen LogP contribution in [0.5, 0.6) is 0 Å². The van der Waals surface area contributed by atoms with E-state index in [0.29, 0.717) is 6.10 Å². The van der Waals surface area contributed by atoms with E-state index in [9.17, 15) is 0 Å². The molecule has 1 fully saturated rings. The third-order valence-electron chi connectivity index (χ3n) is 3.13. The summed E-state index contributed by atoms with van der Waals surface area (Å²) in [7, 11) is 0. The fraction of sp³-hybridized carbons (Fsp3) is 1.00. The molecule has 0 aliphatic carbocycles. The Bertz CT molecular complexity index is 180. The lowest BCUT2D eigenvalue weighted by atomic mass is 10.1. The largest absolute Gasteiger partial charge is 0.377 e. The third kappa shape index (κ3) is 5.86. The zero-order valence-electron chi connectivity index (χ0n) is 11.5. The van der Waals surface area contributed by atoms with E-state index in [1.807, 2.05) is 0 Å². The highest BCUT2D eigenvalue weighted by molar-refractivity contribution is 4.76. The van der Waals surface area contributed by atoms with Gasteiger partial charge in [0, 0.05) is 26.2 Å². The van der Waals surface area contributed by atoms with Crippen LogP contribution in [0, 0.1) is 11.8 Å². The van der Waals surface area contributed by atoms with E-state index in [1.54, 1.807) is 0 Å². The fourth-order valence-electron chi connectivity index (χ4n) is 2.36. The molecule has 0 saturated carbocycles. The van der Waals surface area contributed by atoms with E-state index in [2.05, 4.69) is 32.6 Å². The Hall–Kier alpha value is -0.0800. The topological polar surface area (TPSA) is 12.5 Å². The minimum atomic E-state index is 0.505. The molecular formula is C14H29NO. The highest BCUT2D eigenvalue weighted by Crippen LogP contribution is 2.15. The van der Waals surface area contributed by atoms with Crippen LogP contribution in [0.3, 0.4) is 0 Å². The molecule has 1 rings (SSSR count). The smallest absolute Gasteiger partial charge is 0.0714 e. The monoisotopic (exact) mass is 227 g/mol. The van der Waals surface area contributed by atoms with E-state index < -0.39 is 0 Å². The first-order chi connectivity index (χ1) is 7.58. The number of nitrogens with zero attached hydrogens (tertiary/aromatic N) is 1. The van der Waals surface area contributed by atoms with Gasteiger partial charge in [-0.15, -0.1) is 0 Å². The highest BCUT2D eigenvalue weighted by Gasteiger charge is 2.22. The molecule has 0 spiro atoms. The van der Waals surface area contributed by atoms with E-state index in [1.165, 1.54) is 32.4 Å². The van der Waals surface area contributed by atoms with Crippen LogP contribution >= 0.6 is 0 Å². The summed E-state index contributed by atoms with van der Waals surface area (Å²) in [5.74, 6) is 1.59. The molecule has 1 aliphatic heterocycles. The van der Waals surface area contributed by atoms with Gasteiger partial charge in [-0.25, -0.2) is 0 Å². The third-order valence-corrected chi connectivity index (χ3v) is 3.13. The molecule has 0 N–H and O–H groups in total. The summed E-state index contributed by atoms with van der Waals surface area (Å²) in [6.07, 6.45) is 4.25. The Kier molecular flexibility index (Phi) is 6.37. The highest BCUT2D eigenvalue weighted by atomic mass is 16.5. The summed E-state index contributed by atoms with van der Waals surface area (Å²) in [6, 6.07) is 0. The minimum absolute atomic E-state index is 0.505. The zero-order valence-corrected chi connectivity index (χ0v) is 11.5. The van der Waals surface area contributed by atoms with Gasteiger partial charge in [-0.3, -0.25) is 0 Å². The van der Waals surface area contributed by atoms with Crippen molar-refractivity contribution in [3.63, 3.8) is 0 Å². The van der Waals surface area contributed by atoms with Crippen molar-refractivity contribution >= 4 is 0 Å². The van der Waals surface area contributed by atoms with Crippen molar-refractivity contribution in [1.29, 1.82) is 0 Å². The summed E-state index contributed by atoms with van der Waals surface area (Å²) in [4.78, 5) is 2.54. The molecule has 1 heterocycles. The Labute approximate surface area is 101 Å². The number of likely N-dealkylation sites (tertiary alicyclic amines) is 1. The molecule has 0 aromatic rings. The molecule has 1 unspecified atom stereocenters. The maximum absolute atomic E-state index is 5.92. The van der Waals surface area contributed by atoms with Crippen LogP contribution in [0.1, 0.15) is 47.0 Å². The van der Waals surface area contributed by atoms with Crippen LogP contribution in [0.25, 0.3) is 0 Å². The van der Waals surface area contributed by atoms with Gasteiger partial charge in [0.15, 0.2) is 0 Å². The molecule has 2 nitrogen and oxygen atoms in total.